The highest BCUT2D eigenvalue weighted by Gasteiger charge is 2.54. The number of imidazole rings is 1. The SMILES string of the molecule is CC(C)(C)OC(=O)Nc1cc(C(F)(F)F)c2nc(-c3nn(COCC[Si](C)(C)C)c4c3C[C@@H]3C[C@]3(C)C4)n(COCC[Si](C)(C)C)c2c1. The number of nitrogens with one attached hydrogen (secondary N) is 1. The van der Waals surface area contributed by atoms with Gasteiger partial charge in [-0.3, -0.25) is 9.88 Å². The second-order valence-electron chi connectivity index (χ2n) is 17.3. The summed E-state index contributed by atoms with van der Waals surface area (Å²) in [5.41, 5.74) is 0.997. The first-order valence-corrected chi connectivity index (χ1v) is 24.3. The number of carbonyl (C=O) groups is 1. The Kier molecular flexibility index (Phi) is 9.83. The van der Waals surface area contributed by atoms with Gasteiger partial charge in [-0.2, -0.15) is 18.3 Å². The van der Waals surface area contributed by atoms with Crippen molar-refractivity contribution in [2.24, 2.45) is 11.3 Å². The lowest BCUT2D eigenvalue weighted by Crippen LogP contribution is -2.27. The maximum Gasteiger partial charge on any atom is 0.418 e. The smallest absolute Gasteiger partial charge is 0.418 e. The first-order valence-electron chi connectivity index (χ1n) is 16.9. The van der Waals surface area contributed by atoms with E-state index in [1.807, 2.05) is 4.68 Å². The highest BCUT2D eigenvalue weighted by atomic mass is 28.3. The zero-order valence-electron chi connectivity index (χ0n) is 30.2. The third-order valence-corrected chi connectivity index (χ3v) is 12.6. The number of ether oxygens (including phenoxy) is 3. The number of fused-ring (bicyclic) bond motifs is 3. The number of rotatable bonds is 12. The van der Waals surface area contributed by atoms with Gasteiger partial charge < -0.3 is 14.2 Å². The largest absolute Gasteiger partial charge is 0.444 e. The van der Waals surface area contributed by atoms with E-state index < -0.39 is 39.6 Å². The van der Waals surface area contributed by atoms with Gasteiger partial charge in [0.15, 0.2) is 5.82 Å². The zero-order chi connectivity index (χ0) is 35.4. The molecule has 1 aromatic carbocycles. The van der Waals surface area contributed by atoms with Crippen molar-refractivity contribution < 1.29 is 32.2 Å². The van der Waals surface area contributed by atoms with E-state index in [-0.39, 0.29) is 35.6 Å². The van der Waals surface area contributed by atoms with E-state index in [1.165, 1.54) is 6.07 Å². The second-order valence-corrected chi connectivity index (χ2v) is 28.5. The maximum absolute atomic E-state index is 14.7. The van der Waals surface area contributed by atoms with E-state index >= 15 is 0 Å². The molecule has 48 heavy (non-hydrogen) atoms. The molecule has 2 aliphatic rings. The Labute approximate surface area is 283 Å². The normalized spacial score (nSPS) is 19.7. The van der Waals surface area contributed by atoms with Gasteiger partial charge in [0.2, 0.25) is 0 Å². The zero-order valence-corrected chi connectivity index (χ0v) is 32.2. The van der Waals surface area contributed by atoms with E-state index in [2.05, 4.69) is 56.5 Å². The molecule has 1 fully saturated rings. The summed E-state index contributed by atoms with van der Waals surface area (Å²) in [7, 11) is -2.73. The van der Waals surface area contributed by atoms with Crippen LogP contribution in [0.1, 0.15) is 50.9 Å². The fourth-order valence-corrected chi connectivity index (χ4v) is 7.72. The molecule has 2 aromatic heterocycles. The van der Waals surface area contributed by atoms with Gasteiger partial charge in [-0.05, 0) is 75.6 Å². The molecule has 14 heteroatoms. The maximum atomic E-state index is 14.7. The quantitative estimate of drug-likeness (QED) is 0.149. The number of nitrogens with zero attached hydrogens (tertiary/aromatic N) is 4. The average molecular weight is 708 g/mol. The summed E-state index contributed by atoms with van der Waals surface area (Å²) >= 11 is 0. The number of hydrogen-bond donors (Lipinski definition) is 1. The first kappa shape index (κ1) is 36.6. The van der Waals surface area contributed by atoms with E-state index in [4.69, 9.17) is 19.3 Å². The Morgan fingerprint density at radius 3 is 2.23 bits per heavy atom. The Morgan fingerprint density at radius 1 is 1.02 bits per heavy atom. The molecule has 266 valence electrons. The van der Waals surface area contributed by atoms with Gasteiger partial charge in [-0.25, -0.2) is 14.5 Å². The topological polar surface area (TPSA) is 92.4 Å². The average Bonchev–Trinajstić information content (AvgIpc) is 3.27. The number of carbonyl (C=O) groups excluding carboxylic acids is 1. The molecule has 0 radical (unpaired) electrons. The summed E-state index contributed by atoms with van der Waals surface area (Å²) in [6.45, 7) is 22.4. The molecule has 0 spiro atoms. The fraction of sp³-hybridized carbons (Fsp3) is 0.676. The minimum absolute atomic E-state index is 0.0149. The van der Waals surface area contributed by atoms with E-state index in [1.54, 1.807) is 25.3 Å². The van der Waals surface area contributed by atoms with Crippen LogP contribution >= 0.6 is 0 Å². The number of halogens is 3. The lowest BCUT2D eigenvalue weighted by atomic mass is 9.87. The summed E-state index contributed by atoms with van der Waals surface area (Å²) in [6, 6.07) is 4.34. The predicted octanol–water partition coefficient (Wildman–Crippen LogP) is 9.02. The van der Waals surface area contributed by atoms with Crippen LogP contribution in [0.25, 0.3) is 22.6 Å². The highest BCUT2D eigenvalue weighted by Crippen LogP contribution is 2.60. The van der Waals surface area contributed by atoms with Crippen molar-refractivity contribution in [2.45, 2.75) is 124 Å². The molecular formula is C34H52F3N5O4Si2. The van der Waals surface area contributed by atoms with Crippen molar-refractivity contribution in [1.29, 1.82) is 0 Å². The van der Waals surface area contributed by atoms with Crippen LogP contribution in [0.2, 0.25) is 51.4 Å². The van der Waals surface area contributed by atoms with Crippen molar-refractivity contribution in [1.82, 2.24) is 19.3 Å². The summed E-state index contributed by atoms with van der Waals surface area (Å²) in [4.78, 5) is 17.3. The van der Waals surface area contributed by atoms with Gasteiger partial charge in [0.05, 0.1) is 11.1 Å². The summed E-state index contributed by atoms with van der Waals surface area (Å²) in [6.07, 6.45) is -2.86. The summed E-state index contributed by atoms with van der Waals surface area (Å²) in [5.74, 6) is 0.815. The second kappa shape index (κ2) is 12.9. The molecule has 1 saturated carbocycles. The number of hydrogen-bond acceptors (Lipinski definition) is 6. The number of amides is 1. The summed E-state index contributed by atoms with van der Waals surface area (Å²) < 4.78 is 65.2. The molecule has 2 aliphatic carbocycles. The molecule has 0 saturated heterocycles. The van der Waals surface area contributed by atoms with Crippen molar-refractivity contribution >= 4 is 39.0 Å². The van der Waals surface area contributed by atoms with Crippen LogP contribution in [0.5, 0.6) is 0 Å². The van der Waals surface area contributed by atoms with E-state index in [0.29, 0.717) is 30.7 Å². The van der Waals surface area contributed by atoms with Crippen LogP contribution in [0.3, 0.4) is 0 Å². The van der Waals surface area contributed by atoms with Crippen LogP contribution in [0, 0.1) is 11.3 Å². The van der Waals surface area contributed by atoms with Gasteiger partial charge in [-0.15, -0.1) is 0 Å². The van der Waals surface area contributed by atoms with E-state index in [9.17, 15) is 18.0 Å². The van der Waals surface area contributed by atoms with Crippen LogP contribution in [0.4, 0.5) is 23.7 Å². The molecule has 2 atom stereocenters. The predicted molar refractivity (Wildman–Crippen MR) is 188 cm³/mol. The molecular weight excluding hydrogens is 656 g/mol. The number of anilines is 1. The summed E-state index contributed by atoms with van der Waals surface area (Å²) in [5, 5.41) is 7.51. The molecule has 9 nitrogen and oxygen atoms in total. The molecule has 0 aliphatic heterocycles. The molecule has 0 unspecified atom stereocenters. The standard InChI is InChI=1S/C34H52F3N5O4Si2/c1-32(2,3)46-31(43)38-23-16-25(34(35,36)37)29-26(17-23)41(20-44-11-13-47(5,6)7)30(39-29)28-24-15-22-18-33(22,4)19-27(24)42(40-28)21-45-12-14-48(8,9)10/h16-17,22H,11-15,18-21H2,1-10H3,(H,38,43)/t22-,33-/m1/s1. The van der Waals surface area contributed by atoms with E-state index in [0.717, 1.165) is 48.7 Å². The Balaban J connectivity index is 1.62. The van der Waals surface area contributed by atoms with Crippen LogP contribution in [-0.2, 0) is 46.7 Å². The molecule has 0 bridgehead atoms. The molecule has 1 N–H and O–H groups in total. The lowest BCUT2D eigenvalue weighted by molar-refractivity contribution is -0.136. The van der Waals surface area contributed by atoms with Crippen molar-refractivity contribution in [3.05, 3.63) is 29.0 Å². The van der Waals surface area contributed by atoms with Gasteiger partial charge in [0, 0.05) is 46.3 Å². The van der Waals surface area contributed by atoms with Crippen molar-refractivity contribution in [3.63, 3.8) is 0 Å². The Hall–Kier alpha value is -2.69. The number of alkyl halides is 3. The van der Waals surface area contributed by atoms with Gasteiger partial charge in [-0.1, -0.05) is 46.2 Å². The Morgan fingerprint density at radius 2 is 1.65 bits per heavy atom. The molecule has 1 amide bonds. The first-order chi connectivity index (χ1) is 22.0. The van der Waals surface area contributed by atoms with Crippen LogP contribution in [0.15, 0.2) is 12.1 Å². The number of aromatic nitrogens is 4. The Bertz CT molecular complexity index is 1670. The minimum Gasteiger partial charge on any atom is -0.444 e. The van der Waals surface area contributed by atoms with Crippen molar-refractivity contribution in [3.8, 4) is 11.5 Å². The lowest BCUT2D eigenvalue weighted by Gasteiger charge is -2.21. The third kappa shape index (κ3) is 8.72. The monoisotopic (exact) mass is 707 g/mol. The van der Waals surface area contributed by atoms with Crippen molar-refractivity contribution in [2.75, 3.05) is 18.5 Å². The van der Waals surface area contributed by atoms with Gasteiger partial charge in [0.1, 0.15) is 30.3 Å². The van der Waals surface area contributed by atoms with Gasteiger partial charge >= 0.3 is 12.3 Å². The molecule has 2 heterocycles. The van der Waals surface area contributed by atoms with Crippen LogP contribution in [-0.4, -0.2) is 60.4 Å². The molecule has 3 aromatic rings. The highest BCUT2D eigenvalue weighted by molar-refractivity contribution is 6.76. The molecule has 5 rings (SSSR count). The van der Waals surface area contributed by atoms with Crippen LogP contribution < -0.4 is 5.32 Å². The third-order valence-electron chi connectivity index (χ3n) is 9.17. The minimum atomic E-state index is -4.74. The number of benzene rings is 1. The van der Waals surface area contributed by atoms with Gasteiger partial charge in [0.25, 0.3) is 0 Å². The fourth-order valence-electron chi connectivity index (χ4n) is 6.21.